The number of nitrogens with one attached hydrogen (secondary N) is 2. The second-order valence-corrected chi connectivity index (χ2v) is 9.46. The van der Waals surface area contributed by atoms with E-state index in [1.807, 2.05) is 23.6 Å². The zero-order valence-corrected chi connectivity index (χ0v) is 22.0. The van der Waals surface area contributed by atoms with Crippen LogP contribution in [0.3, 0.4) is 0 Å². The molecule has 1 aromatic carbocycles. The molecule has 0 bridgehead atoms. The molecule has 2 N–H and O–H groups in total. The lowest BCUT2D eigenvalue weighted by molar-refractivity contribution is 0.346. The molecule has 0 spiro atoms. The smallest absolute Gasteiger partial charge is 0.243 e. The van der Waals surface area contributed by atoms with E-state index in [0.29, 0.717) is 31.1 Å². The van der Waals surface area contributed by atoms with Gasteiger partial charge < -0.3 is 15.2 Å². The highest BCUT2D eigenvalue weighted by atomic mass is 127. The van der Waals surface area contributed by atoms with E-state index >= 15 is 0 Å². The second kappa shape index (κ2) is 13.1. The van der Waals surface area contributed by atoms with E-state index in [1.165, 1.54) is 0 Å². The summed E-state index contributed by atoms with van der Waals surface area (Å²) < 4.78 is 29.2. The molecule has 11 heteroatoms. The minimum atomic E-state index is -3.40. The molecule has 0 amide bonds. The number of hydrogen-bond acceptors (Lipinski definition) is 5. The van der Waals surface area contributed by atoms with Crippen LogP contribution < -0.4 is 10.6 Å². The van der Waals surface area contributed by atoms with Crippen LogP contribution in [0.5, 0.6) is 0 Å². The van der Waals surface area contributed by atoms with Crippen LogP contribution in [0.15, 0.2) is 40.5 Å². The van der Waals surface area contributed by atoms with Gasteiger partial charge in [0.15, 0.2) is 5.96 Å². The van der Waals surface area contributed by atoms with Gasteiger partial charge in [0, 0.05) is 39.1 Å². The Morgan fingerprint density at radius 1 is 1.09 bits per heavy atom. The molecule has 2 aromatic rings. The molecule has 1 aliphatic heterocycles. The molecule has 1 saturated heterocycles. The van der Waals surface area contributed by atoms with Crippen LogP contribution >= 0.6 is 24.0 Å². The quantitative estimate of drug-likeness (QED) is 0.271. The first kappa shape index (κ1) is 26.5. The van der Waals surface area contributed by atoms with Crippen LogP contribution in [-0.4, -0.2) is 59.6 Å². The van der Waals surface area contributed by atoms with Crippen molar-refractivity contribution in [3.05, 3.63) is 42.0 Å². The first-order valence-electron chi connectivity index (χ1n) is 11.0. The molecular weight excluding hydrogens is 541 g/mol. The van der Waals surface area contributed by atoms with E-state index in [9.17, 15) is 8.42 Å². The maximum Gasteiger partial charge on any atom is 0.243 e. The normalized spacial score (nSPS) is 15.2. The molecule has 1 fully saturated rings. The maximum absolute atomic E-state index is 12.8. The molecule has 9 nitrogen and oxygen atoms in total. The minimum Gasteiger partial charge on any atom is -0.357 e. The van der Waals surface area contributed by atoms with Gasteiger partial charge in [0.25, 0.3) is 0 Å². The number of nitrogens with zero attached hydrogens (tertiary/aromatic N) is 5. The van der Waals surface area contributed by atoms with E-state index in [1.54, 1.807) is 22.8 Å². The first-order chi connectivity index (χ1) is 15.0. The summed E-state index contributed by atoms with van der Waals surface area (Å²) in [6, 6.07) is 7.06. The molecule has 3 rings (SSSR count). The lowest BCUT2D eigenvalue weighted by Gasteiger charge is -2.25. The highest BCUT2D eigenvalue weighted by Crippen LogP contribution is 2.21. The molecule has 2 heterocycles. The molecule has 0 radical (unpaired) electrons. The molecule has 1 aliphatic rings. The van der Waals surface area contributed by atoms with Crippen LogP contribution in [0.4, 0.5) is 0 Å². The molecule has 0 saturated carbocycles. The van der Waals surface area contributed by atoms with E-state index < -0.39 is 10.0 Å². The van der Waals surface area contributed by atoms with Gasteiger partial charge >= 0.3 is 0 Å². The van der Waals surface area contributed by atoms with Crippen molar-refractivity contribution in [3.8, 4) is 0 Å². The van der Waals surface area contributed by atoms with Gasteiger partial charge in [-0.1, -0.05) is 25.5 Å². The monoisotopic (exact) mass is 575 g/mol. The summed E-state index contributed by atoms with van der Waals surface area (Å²) in [7, 11) is -3.40. The summed E-state index contributed by atoms with van der Waals surface area (Å²) in [5.74, 6) is 1.68. The summed E-state index contributed by atoms with van der Waals surface area (Å²) in [5.41, 5.74) is 0.960. The van der Waals surface area contributed by atoms with Crippen molar-refractivity contribution < 1.29 is 8.42 Å². The highest BCUT2D eigenvalue weighted by Gasteiger charge is 2.25. The number of aryl methyl sites for hydroxylation is 1. The predicted octanol–water partition coefficient (Wildman–Crippen LogP) is 2.39. The van der Waals surface area contributed by atoms with Crippen molar-refractivity contribution >= 4 is 40.0 Å². The van der Waals surface area contributed by atoms with Gasteiger partial charge in [0.05, 0.1) is 11.4 Å². The van der Waals surface area contributed by atoms with Crippen molar-refractivity contribution in [1.29, 1.82) is 0 Å². The third-order valence-corrected chi connectivity index (χ3v) is 7.21. The Hall–Kier alpha value is -1.73. The molecule has 32 heavy (non-hydrogen) atoms. The number of guanidine groups is 1. The van der Waals surface area contributed by atoms with E-state index in [2.05, 4.69) is 32.7 Å². The van der Waals surface area contributed by atoms with Crippen LogP contribution in [0.1, 0.15) is 44.5 Å². The van der Waals surface area contributed by atoms with Gasteiger partial charge in [-0.05, 0) is 37.5 Å². The van der Waals surface area contributed by atoms with Crippen molar-refractivity contribution in [2.24, 2.45) is 4.99 Å². The fraction of sp³-hybridized carbons (Fsp3) is 0.571. The Labute approximate surface area is 208 Å². The maximum atomic E-state index is 12.8. The number of aliphatic imine (C=N–C) groups is 1. The number of benzene rings is 1. The van der Waals surface area contributed by atoms with Gasteiger partial charge in [0.1, 0.15) is 12.2 Å². The number of piperidine rings is 1. The van der Waals surface area contributed by atoms with Crippen molar-refractivity contribution in [2.75, 3.05) is 26.2 Å². The number of sulfonamides is 1. The van der Waals surface area contributed by atoms with E-state index in [-0.39, 0.29) is 24.0 Å². The highest BCUT2D eigenvalue weighted by molar-refractivity contribution is 14.0. The molecular formula is C21H34IN7O2S. The van der Waals surface area contributed by atoms with E-state index in [0.717, 1.165) is 56.1 Å². The third kappa shape index (κ3) is 7.14. The topological polar surface area (TPSA) is 105 Å². The zero-order chi connectivity index (χ0) is 22.1. The van der Waals surface area contributed by atoms with Crippen LogP contribution in [-0.2, 0) is 29.5 Å². The Bertz CT molecular complexity index is 955. The first-order valence-corrected chi connectivity index (χ1v) is 12.5. The number of hydrogen-bond donors (Lipinski definition) is 2. The zero-order valence-electron chi connectivity index (χ0n) is 18.8. The third-order valence-electron chi connectivity index (χ3n) is 5.30. The van der Waals surface area contributed by atoms with Crippen LogP contribution in [0.25, 0.3) is 0 Å². The minimum absolute atomic E-state index is 0. The molecule has 0 atom stereocenters. The lowest BCUT2D eigenvalue weighted by atomic mass is 10.2. The van der Waals surface area contributed by atoms with Crippen molar-refractivity contribution in [3.63, 3.8) is 0 Å². The second-order valence-electron chi connectivity index (χ2n) is 7.52. The Kier molecular flexibility index (Phi) is 10.9. The standard InChI is InChI=1S/C21H33N7O2S.HI/c1-3-20-26-25-17-27(20)15-12-23-21(22-4-2)24-16-18-8-10-19(11-9-18)31(29,30)28-13-6-5-7-14-28;/h8-11,17H,3-7,12-16H2,1-2H3,(H2,22,23,24);1H. The SMILES string of the molecule is CCNC(=NCc1ccc(S(=O)(=O)N2CCCCC2)cc1)NCCn1cnnc1CC.I. The summed E-state index contributed by atoms with van der Waals surface area (Å²) in [5, 5.41) is 14.6. The molecule has 0 aliphatic carbocycles. The van der Waals surface area contributed by atoms with Gasteiger partial charge in [-0.3, -0.25) is 0 Å². The molecule has 1 aromatic heterocycles. The Morgan fingerprint density at radius 3 is 2.47 bits per heavy atom. The van der Waals surface area contributed by atoms with Gasteiger partial charge in [-0.25, -0.2) is 13.4 Å². The summed E-state index contributed by atoms with van der Waals surface area (Å²) in [6.45, 7) is 7.97. The number of rotatable bonds is 9. The molecule has 0 unspecified atom stereocenters. The van der Waals surface area contributed by atoms with Gasteiger partial charge in [-0.2, -0.15) is 4.31 Å². The van der Waals surface area contributed by atoms with Crippen molar-refractivity contribution in [2.45, 2.75) is 57.5 Å². The number of aromatic nitrogens is 3. The average molecular weight is 576 g/mol. The van der Waals surface area contributed by atoms with Crippen molar-refractivity contribution in [1.82, 2.24) is 29.7 Å². The van der Waals surface area contributed by atoms with Gasteiger partial charge in [0.2, 0.25) is 10.0 Å². The summed E-state index contributed by atoms with van der Waals surface area (Å²) in [6.07, 6.45) is 5.55. The predicted molar refractivity (Wildman–Crippen MR) is 137 cm³/mol. The summed E-state index contributed by atoms with van der Waals surface area (Å²) >= 11 is 0. The van der Waals surface area contributed by atoms with Gasteiger partial charge in [-0.15, -0.1) is 34.2 Å². The number of halogens is 1. The largest absolute Gasteiger partial charge is 0.357 e. The van der Waals surface area contributed by atoms with Crippen LogP contribution in [0, 0.1) is 0 Å². The average Bonchev–Trinajstić information content (AvgIpc) is 3.26. The summed E-state index contributed by atoms with van der Waals surface area (Å²) in [4.78, 5) is 4.98. The van der Waals surface area contributed by atoms with E-state index in [4.69, 9.17) is 0 Å². The lowest BCUT2D eigenvalue weighted by Crippen LogP contribution is -2.38. The molecule has 178 valence electrons. The van der Waals surface area contributed by atoms with Crippen LogP contribution in [0.2, 0.25) is 0 Å². The fourth-order valence-electron chi connectivity index (χ4n) is 3.57. The Balaban J connectivity index is 0.00000363. The fourth-order valence-corrected chi connectivity index (χ4v) is 5.08. The Morgan fingerprint density at radius 2 is 1.81 bits per heavy atom.